The molecule has 0 spiro atoms. The van der Waals surface area contributed by atoms with Gasteiger partial charge in [-0.1, -0.05) is 48.9 Å². The Morgan fingerprint density at radius 3 is 2.31 bits per heavy atom. The summed E-state index contributed by atoms with van der Waals surface area (Å²) >= 11 is 0. The van der Waals surface area contributed by atoms with Gasteiger partial charge in [-0.3, -0.25) is 0 Å². The number of phenols is 1. The molecule has 2 aromatic carbocycles. The SMILES string of the molecule is CCNC(=NCc1ccc(O)cc1)NCC1(c2ccccc2)CCC1.I. The van der Waals surface area contributed by atoms with Crippen molar-refractivity contribution in [3.63, 3.8) is 0 Å². The third-order valence-electron chi connectivity index (χ3n) is 4.99. The van der Waals surface area contributed by atoms with Crippen molar-refractivity contribution in [3.05, 3.63) is 65.7 Å². The van der Waals surface area contributed by atoms with Crippen LogP contribution in [0.2, 0.25) is 0 Å². The van der Waals surface area contributed by atoms with Crippen LogP contribution in [-0.2, 0) is 12.0 Å². The van der Waals surface area contributed by atoms with Crippen molar-refractivity contribution >= 4 is 29.9 Å². The molecular formula is C21H28IN3O. The minimum atomic E-state index is 0. The fourth-order valence-electron chi connectivity index (χ4n) is 3.33. The number of halogens is 1. The summed E-state index contributed by atoms with van der Waals surface area (Å²) in [6, 6.07) is 18.0. The number of hydrogen-bond donors (Lipinski definition) is 3. The zero-order chi connectivity index (χ0) is 17.5. The number of rotatable bonds is 6. The van der Waals surface area contributed by atoms with Gasteiger partial charge in [0.2, 0.25) is 0 Å². The van der Waals surface area contributed by atoms with E-state index < -0.39 is 0 Å². The fourth-order valence-corrected chi connectivity index (χ4v) is 3.33. The van der Waals surface area contributed by atoms with E-state index in [9.17, 15) is 5.11 Å². The highest BCUT2D eigenvalue weighted by atomic mass is 127. The van der Waals surface area contributed by atoms with Crippen LogP contribution >= 0.6 is 24.0 Å². The van der Waals surface area contributed by atoms with E-state index in [0.29, 0.717) is 6.54 Å². The summed E-state index contributed by atoms with van der Waals surface area (Å²) in [7, 11) is 0. The number of guanidine groups is 1. The maximum atomic E-state index is 9.37. The van der Waals surface area contributed by atoms with Crippen LogP contribution in [0.3, 0.4) is 0 Å². The second kappa shape index (κ2) is 9.80. The second-order valence-electron chi connectivity index (χ2n) is 6.72. The van der Waals surface area contributed by atoms with Crippen LogP contribution < -0.4 is 10.6 Å². The molecule has 0 aromatic heterocycles. The van der Waals surface area contributed by atoms with E-state index in [0.717, 1.165) is 24.6 Å². The molecule has 1 saturated carbocycles. The van der Waals surface area contributed by atoms with Crippen molar-refractivity contribution in [2.45, 2.75) is 38.1 Å². The van der Waals surface area contributed by atoms with Crippen LogP contribution in [0.5, 0.6) is 5.75 Å². The smallest absolute Gasteiger partial charge is 0.191 e. The molecule has 140 valence electrons. The lowest BCUT2D eigenvalue weighted by Crippen LogP contribution is -2.48. The van der Waals surface area contributed by atoms with Gasteiger partial charge in [0, 0.05) is 18.5 Å². The molecule has 0 aliphatic heterocycles. The van der Waals surface area contributed by atoms with Gasteiger partial charge in [0.1, 0.15) is 5.75 Å². The number of nitrogens with zero attached hydrogens (tertiary/aromatic N) is 1. The minimum Gasteiger partial charge on any atom is -0.508 e. The summed E-state index contributed by atoms with van der Waals surface area (Å²) in [5, 5.41) is 16.2. The van der Waals surface area contributed by atoms with Gasteiger partial charge in [-0.25, -0.2) is 4.99 Å². The molecule has 0 atom stereocenters. The van der Waals surface area contributed by atoms with E-state index in [1.807, 2.05) is 12.1 Å². The minimum absolute atomic E-state index is 0. The monoisotopic (exact) mass is 465 g/mol. The second-order valence-corrected chi connectivity index (χ2v) is 6.72. The zero-order valence-electron chi connectivity index (χ0n) is 15.2. The summed E-state index contributed by atoms with van der Waals surface area (Å²) in [4.78, 5) is 4.68. The van der Waals surface area contributed by atoms with Crippen LogP contribution in [0.25, 0.3) is 0 Å². The Kier molecular flexibility index (Phi) is 7.75. The normalized spacial score (nSPS) is 15.5. The third-order valence-corrected chi connectivity index (χ3v) is 4.99. The van der Waals surface area contributed by atoms with E-state index in [4.69, 9.17) is 0 Å². The van der Waals surface area contributed by atoms with Gasteiger partial charge in [-0.15, -0.1) is 24.0 Å². The Hall–Kier alpha value is -1.76. The van der Waals surface area contributed by atoms with Crippen LogP contribution in [0.4, 0.5) is 0 Å². The maximum absolute atomic E-state index is 9.37. The first-order valence-corrected chi connectivity index (χ1v) is 9.07. The molecule has 5 heteroatoms. The lowest BCUT2D eigenvalue weighted by molar-refractivity contribution is 0.244. The predicted octanol–water partition coefficient (Wildman–Crippen LogP) is 4.19. The standard InChI is InChI=1S/C21H27N3O.HI/c1-2-22-20(23-15-17-9-11-19(25)12-10-17)24-16-21(13-6-14-21)18-7-4-3-5-8-18;/h3-5,7-12,25H,2,6,13-16H2,1H3,(H2,22,23,24);1H. The summed E-state index contributed by atoms with van der Waals surface area (Å²) in [6.45, 7) is 4.40. The topological polar surface area (TPSA) is 56.7 Å². The van der Waals surface area contributed by atoms with E-state index in [-0.39, 0.29) is 35.1 Å². The highest BCUT2D eigenvalue weighted by molar-refractivity contribution is 14.0. The first-order valence-electron chi connectivity index (χ1n) is 9.07. The zero-order valence-corrected chi connectivity index (χ0v) is 17.6. The van der Waals surface area contributed by atoms with Crippen molar-refractivity contribution in [2.75, 3.05) is 13.1 Å². The number of aliphatic imine (C=N–C) groups is 1. The average Bonchev–Trinajstić information content (AvgIpc) is 2.61. The molecule has 0 unspecified atom stereocenters. The Balaban J connectivity index is 0.00000243. The van der Waals surface area contributed by atoms with Crippen molar-refractivity contribution in [3.8, 4) is 5.75 Å². The van der Waals surface area contributed by atoms with Gasteiger partial charge in [0.05, 0.1) is 6.54 Å². The molecule has 1 aliphatic carbocycles. The Bertz CT molecular complexity index is 697. The summed E-state index contributed by atoms with van der Waals surface area (Å²) in [5.41, 5.74) is 2.73. The molecule has 0 heterocycles. The molecule has 3 N–H and O–H groups in total. The Morgan fingerprint density at radius 1 is 1.04 bits per heavy atom. The quantitative estimate of drug-likeness (QED) is 0.341. The van der Waals surface area contributed by atoms with Crippen LogP contribution in [0.1, 0.15) is 37.3 Å². The molecule has 0 bridgehead atoms. The van der Waals surface area contributed by atoms with Crippen molar-refractivity contribution in [1.82, 2.24) is 10.6 Å². The molecule has 1 fully saturated rings. The number of aromatic hydroxyl groups is 1. The molecule has 3 rings (SSSR count). The summed E-state index contributed by atoms with van der Waals surface area (Å²) in [5.74, 6) is 1.13. The van der Waals surface area contributed by atoms with E-state index in [2.05, 4.69) is 52.9 Å². The average molecular weight is 465 g/mol. The molecule has 4 nitrogen and oxygen atoms in total. The van der Waals surface area contributed by atoms with Crippen molar-refractivity contribution in [2.24, 2.45) is 4.99 Å². The van der Waals surface area contributed by atoms with Gasteiger partial charge in [0.15, 0.2) is 5.96 Å². The van der Waals surface area contributed by atoms with Gasteiger partial charge < -0.3 is 15.7 Å². The van der Waals surface area contributed by atoms with Gasteiger partial charge in [-0.2, -0.15) is 0 Å². The van der Waals surface area contributed by atoms with Gasteiger partial charge >= 0.3 is 0 Å². The van der Waals surface area contributed by atoms with E-state index >= 15 is 0 Å². The Morgan fingerprint density at radius 2 is 1.73 bits per heavy atom. The summed E-state index contributed by atoms with van der Waals surface area (Å²) < 4.78 is 0. The molecule has 26 heavy (non-hydrogen) atoms. The van der Waals surface area contributed by atoms with Gasteiger partial charge in [0.25, 0.3) is 0 Å². The first-order chi connectivity index (χ1) is 12.2. The van der Waals surface area contributed by atoms with Crippen LogP contribution in [-0.4, -0.2) is 24.2 Å². The van der Waals surface area contributed by atoms with Gasteiger partial charge in [-0.05, 0) is 43.0 Å². The number of hydrogen-bond acceptors (Lipinski definition) is 2. The number of benzene rings is 2. The number of phenolic OH excluding ortho intramolecular Hbond substituents is 1. The largest absolute Gasteiger partial charge is 0.508 e. The molecular weight excluding hydrogens is 437 g/mol. The lowest BCUT2D eigenvalue weighted by atomic mass is 9.64. The fraction of sp³-hybridized carbons (Fsp3) is 0.381. The first kappa shape index (κ1) is 20.6. The third kappa shape index (κ3) is 5.13. The lowest BCUT2D eigenvalue weighted by Gasteiger charge is -2.43. The highest BCUT2D eigenvalue weighted by Crippen LogP contribution is 2.43. The van der Waals surface area contributed by atoms with E-state index in [1.165, 1.54) is 24.8 Å². The van der Waals surface area contributed by atoms with Crippen LogP contribution in [0.15, 0.2) is 59.6 Å². The molecule has 0 amide bonds. The predicted molar refractivity (Wildman–Crippen MR) is 118 cm³/mol. The van der Waals surface area contributed by atoms with Crippen molar-refractivity contribution in [1.29, 1.82) is 0 Å². The maximum Gasteiger partial charge on any atom is 0.191 e. The molecule has 2 aromatic rings. The highest BCUT2D eigenvalue weighted by Gasteiger charge is 2.38. The molecule has 0 radical (unpaired) electrons. The number of nitrogens with one attached hydrogen (secondary N) is 2. The molecule has 1 aliphatic rings. The van der Waals surface area contributed by atoms with E-state index in [1.54, 1.807) is 12.1 Å². The van der Waals surface area contributed by atoms with Crippen molar-refractivity contribution < 1.29 is 5.11 Å². The molecule has 0 saturated heterocycles. The van der Waals surface area contributed by atoms with Crippen LogP contribution in [0, 0.1) is 0 Å². The summed E-state index contributed by atoms with van der Waals surface area (Å²) in [6.07, 6.45) is 3.74. The Labute approximate surface area is 173 Å².